The number of anilines is 1. The van der Waals surface area contributed by atoms with Gasteiger partial charge in [0.25, 0.3) is 5.69 Å². The molecule has 1 aliphatic heterocycles. The summed E-state index contributed by atoms with van der Waals surface area (Å²) in [5.74, 6) is 0.731. The van der Waals surface area contributed by atoms with Crippen LogP contribution in [0.3, 0.4) is 0 Å². The van der Waals surface area contributed by atoms with Gasteiger partial charge in [0.1, 0.15) is 11.4 Å². The van der Waals surface area contributed by atoms with Crippen molar-refractivity contribution in [2.24, 2.45) is 0 Å². The number of furan rings is 1. The summed E-state index contributed by atoms with van der Waals surface area (Å²) in [5.41, 5.74) is 0.00559. The molecule has 0 bridgehead atoms. The molecule has 158 valence electrons. The third kappa shape index (κ3) is 4.77. The van der Waals surface area contributed by atoms with Gasteiger partial charge < -0.3 is 9.73 Å². The topological polar surface area (TPSA) is 109 Å². The van der Waals surface area contributed by atoms with Gasteiger partial charge in [0.15, 0.2) is 0 Å². The highest BCUT2D eigenvalue weighted by molar-refractivity contribution is 7.89. The van der Waals surface area contributed by atoms with E-state index in [2.05, 4.69) is 5.32 Å². The Hall–Kier alpha value is -2.43. The first-order valence-electron chi connectivity index (χ1n) is 9.53. The third-order valence-electron chi connectivity index (χ3n) is 5.10. The van der Waals surface area contributed by atoms with Gasteiger partial charge in [-0.25, -0.2) is 8.42 Å². The van der Waals surface area contributed by atoms with E-state index in [1.165, 1.54) is 16.4 Å². The predicted molar refractivity (Wildman–Crippen MR) is 109 cm³/mol. The zero-order chi connectivity index (χ0) is 21.0. The number of piperidine rings is 1. The van der Waals surface area contributed by atoms with Crippen LogP contribution in [0.25, 0.3) is 0 Å². The molecule has 2 aromatic rings. The van der Waals surface area contributed by atoms with Crippen molar-refractivity contribution in [3.8, 4) is 0 Å². The lowest BCUT2D eigenvalue weighted by Gasteiger charge is -2.26. The molecule has 9 nitrogen and oxygen atoms in total. The summed E-state index contributed by atoms with van der Waals surface area (Å²) >= 11 is 0. The first kappa shape index (κ1) is 21.3. The van der Waals surface area contributed by atoms with Crippen molar-refractivity contribution in [1.29, 1.82) is 0 Å². The molecule has 1 saturated heterocycles. The highest BCUT2D eigenvalue weighted by Crippen LogP contribution is 2.31. The lowest BCUT2D eigenvalue weighted by molar-refractivity contribution is -0.384. The second-order valence-corrected chi connectivity index (χ2v) is 9.21. The van der Waals surface area contributed by atoms with Crippen molar-refractivity contribution in [2.75, 3.05) is 39.0 Å². The van der Waals surface area contributed by atoms with Gasteiger partial charge in [-0.15, -0.1) is 0 Å². The molecular weight excluding hydrogens is 396 g/mol. The number of rotatable bonds is 8. The summed E-state index contributed by atoms with van der Waals surface area (Å²) in [7, 11) is 0.0359. The average molecular weight is 423 g/mol. The van der Waals surface area contributed by atoms with E-state index in [0.717, 1.165) is 31.1 Å². The molecule has 1 aromatic carbocycles. The fourth-order valence-electron chi connectivity index (χ4n) is 3.45. The van der Waals surface area contributed by atoms with Gasteiger partial charge in [-0.3, -0.25) is 15.0 Å². The highest BCUT2D eigenvalue weighted by Gasteiger charge is 2.29. The highest BCUT2D eigenvalue weighted by atomic mass is 32.2. The van der Waals surface area contributed by atoms with Crippen molar-refractivity contribution in [3.05, 3.63) is 52.5 Å². The number of sulfonamides is 1. The molecule has 10 heteroatoms. The Morgan fingerprint density at radius 3 is 2.55 bits per heavy atom. The lowest BCUT2D eigenvalue weighted by atomic mass is 10.2. The Kier molecular flexibility index (Phi) is 6.56. The fraction of sp³-hybridized carbons (Fsp3) is 0.474. The molecule has 0 spiro atoms. The number of benzene rings is 1. The van der Waals surface area contributed by atoms with Crippen LogP contribution in [0.4, 0.5) is 11.4 Å². The largest absolute Gasteiger partial charge is 0.468 e. The molecule has 1 atom stereocenters. The molecule has 1 N–H and O–H groups in total. The van der Waals surface area contributed by atoms with Crippen LogP contribution < -0.4 is 5.32 Å². The summed E-state index contributed by atoms with van der Waals surface area (Å²) in [6, 6.07) is 7.52. The summed E-state index contributed by atoms with van der Waals surface area (Å²) in [6.07, 6.45) is 4.19. The molecular formula is C19H26N4O5S. The van der Waals surface area contributed by atoms with Crippen molar-refractivity contribution in [2.45, 2.75) is 30.2 Å². The maximum Gasteiger partial charge on any atom is 0.293 e. The Morgan fingerprint density at radius 2 is 1.97 bits per heavy atom. The van der Waals surface area contributed by atoms with Crippen molar-refractivity contribution in [1.82, 2.24) is 9.21 Å². The Morgan fingerprint density at radius 1 is 1.24 bits per heavy atom. The van der Waals surface area contributed by atoms with E-state index in [9.17, 15) is 18.5 Å². The van der Waals surface area contributed by atoms with Crippen LogP contribution in [-0.4, -0.2) is 56.3 Å². The smallest absolute Gasteiger partial charge is 0.293 e. The van der Waals surface area contributed by atoms with E-state index in [1.807, 2.05) is 25.1 Å². The van der Waals surface area contributed by atoms with Gasteiger partial charge in [-0.05, 0) is 51.2 Å². The molecule has 3 rings (SSSR count). The molecule has 1 fully saturated rings. The van der Waals surface area contributed by atoms with Crippen molar-refractivity contribution in [3.63, 3.8) is 0 Å². The molecule has 0 aliphatic carbocycles. The van der Waals surface area contributed by atoms with Gasteiger partial charge >= 0.3 is 0 Å². The number of nitrogens with zero attached hydrogens (tertiary/aromatic N) is 3. The maximum atomic E-state index is 12.8. The zero-order valence-electron chi connectivity index (χ0n) is 16.6. The summed E-state index contributed by atoms with van der Waals surface area (Å²) in [5, 5.41) is 14.7. The second-order valence-electron chi connectivity index (χ2n) is 7.28. The molecule has 2 heterocycles. The Balaban J connectivity index is 1.84. The molecule has 0 amide bonds. The van der Waals surface area contributed by atoms with E-state index in [4.69, 9.17) is 4.42 Å². The van der Waals surface area contributed by atoms with Crippen LogP contribution in [0.1, 0.15) is 31.1 Å². The predicted octanol–water partition coefficient (Wildman–Crippen LogP) is 3.08. The number of nitro benzene ring substituents is 1. The summed E-state index contributed by atoms with van der Waals surface area (Å²) in [6.45, 7) is 1.26. The average Bonchev–Trinajstić information content (AvgIpc) is 3.23. The molecule has 1 unspecified atom stereocenters. The van der Waals surface area contributed by atoms with E-state index in [1.54, 1.807) is 12.3 Å². The standard InChI is InChI=1S/C19H26N4O5S/c1-21(2)18(19-7-6-12-28-19)14-20-16-9-8-15(13-17(16)23(24)25)29(26,27)22-10-4-3-5-11-22/h6-9,12-13,18,20H,3-5,10-11,14H2,1-2H3. The van der Waals surface area contributed by atoms with E-state index < -0.39 is 14.9 Å². The van der Waals surface area contributed by atoms with Gasteiger partial charge in [-0.1, -0.05) is 6.42 Å². The van der Waals surface area contributed by atoms with Crippen LogP contribution in [0.2, 0.25) is 0 Å². The fourth-order valence-corrected chi connectivity index (χ4v) is 4.99. The zero-order valence-corrected chi connectivity index (χ0v) is 17.4. The number of likely N-dealkylation sites (N-methyl/N-ethyl adjacent to an activating group) is 1. The van der Waals surface area contributed by atoms with Crippen LogP contribution in [0, 0.1) is 10.1 Å². The number of hydrogen-bond acceptors (Lipinski definition) is 7. The van der Waals surface area contributed by atoms with E-state index >= 15 is 0 Å². The van der Waals surface area contributed by atoms with Gasteiger partial charge in [0.2, 0.25) is 10.0 Å². The first-order valence-corrected chi connectivity index (χ1v) is 11.0. The second kappa shape index (κ2) is 8.93. The van der Waals surface area contributed by atoms with Crippen LogP contribution in [0.5, 0.6) is 0 Å². The summed E-state index contributed by atoms with van der Waals surface area (Å²) < 4.78 is 32.6. The van der Waals surface area contributed by atoms with Gasteiger partial charge in [0.05, 0.1) is 22.1 Å². The van der Waals surface area contributed by atoms with E-state index in [0.29, 0.717) is 19.6 Å². The SMILES string of the molecule is CN(C)C(CNc1ccc(S(=O)(=O)N2CCCCC2)cc1[N+](=O)[O-])c1ccco1. The minimum absolute atomic E-state index is 0.0492. The minimum atomic E-state index is -3.74. The Bertz CT molecular complexity index is 938. The lowest BCUT2D eigenvalue weighted by Crippen LogP contribution is -2.35. The molecule has 0 radical (unpaired) electrons. The number of hydrogen-bond donors (Lipinski definition) is 1. The molecule has 1 aliphatic rings. The van der Waals surface area contributed by atoms with Crippen molar-refractivity contribution < 1.29 is 17.8 Å². The molecule has 1 aromatic heterocycles. The normalized spacial score (nSPS) is 16.7. The number of nitro groups is 1. The van der Waals surface area contributed by atoms with Crippen molar-refractivity contribution >= 4 is 21.4 Å². The monoisotopic (exact) mass is 422 g/mol. The molecule has 0 saturated carbocycles. The van der Waals surface area contributed by atoms with Gasteiger partial charge in [0, 0.05) is 25.7 Å². The molecule has 29 heavy (non-hydrogen) atoms. The van der Waals surface area contributed by atoms with Crippen LogP contribution >= 0.6 is 0 Å². The number of nitrogens with one attached hydrogen (secondary N) is 1. The first-order chi connectivity index (χ1) is 13.8. The van der Waals surface area contributed by atoms with Crippen LogP contribution in [0.15, 0.2) is 45.9 Å². The minimum Gasteiger partial charge on any atom is -0.468 e. The summed E-state index contributed by atoms with van der Waals surface area (Å²) in [4.78, 5) is 12.9. The van der Waals surface area contributed by atoms with Crippen LogP contribution in [-0.2, 0) is 10.0 Å². The van der Waals surface area contributed by atoms with Gasteiger partial charge in [-0.2, -0.15) is 4.31 Å². The quantitative estimate of drug-likeness (QED) is 0.514. The third-order valence-corrected chi connectivity index (χ3v) is 6.99. The van der Waals surface area contributed by atoms with E-state index in [-0.39, 0.29) is 22.3 Å². The Labute approximate surface area is 170 Å². The maximum absolute atomic E-state index is 12.8.